The number of halogens is 1. The van der Waals surface area contributed by atoms with Crippen molar-refractivity contribution in [1.29, 1.82) is 0 Å². The zero-order chi connectivity index (χ0) is 20.4. The van der Waals surface area contributed by atoms with Gasteiger partial charge in [0, 0.05) is 51.9 Å². The Balaban J connectivity index is 1.23. The Morgan fingerprint density at radius 3 is 2.83 bits per heavy atom. The third-order valence-corrected chi connectivity index (χ3v) is 6.04. The van der Waals surface area contributed by atoms with Crippen LogP contribution in [0.2, 0.25) is 0 Å². The Morgan fingerprint density at radius 2 is 2.07 bits per heavy atom. The first-order chi connectivity index (χ1) is 14.0. The van der Waals surface area contributed by atoms with Gasteiger partial charge in [-0.1, -0.05) is 11.3 Å². The van der Waals surface area contributed by atoms with Crippen LogP contribution in [-0.4, -0.2) is 64.9 Å². The van der Waals surface area contributed by atoms with Gasteiger partial charge in [0.15, 0.2) is 0 Å². The molecular weight excluding hydrogens is 399 g/mol. The summed E-state index contributed by atoms with van der Waals surface area (Å²) in [7, 11) is 0. The summed E-state index contributed by atoms with van der Waals surface area (Å²) in [6, 6.07) is 4.02. The minimum absolute atomic E-state index is 0.0105. The molecule has 4 amide bonds. The minimum atomic E-state index is -0.433. The molecule has 2 fully saturated rings. The lowest BCUT2D eigenvalue weighted by molar-refractivity contribution is -0.133. The van der Waals surface area contributed by atoms with Crippen LogP contribution in [-0.2, 0) is 9.59 Å². The molecule has 2 aliphatic rings. The minimum Gasteiger partial charge on any atom is -0.467 e. The predicted molar refractivity (Wildman–Crippen MR) is 104 cm³/mol. The first kappa shape index (κ1) is 19.6. The maximum atomic E-state index is 13.3. The number of ether oxygens (including phenoxy) is 1. The first-order valence-corrected chi connectivity index (χ1v) is 10.4. The number of likely N-dealkylation sites (tertiary alicyclic amines) is 1. The standard InChI is InChI=1S/C19H21FN4O4S/c20-12-1-2-14-15(11-12)29-19(21-14)28-13-3-7-23(8-4-13)17(26)6-10-24-9-5-16(25)22-18(24)27/h1-2,11,13H,3-10H2,(H,22,25,27). The molecule has 0 saturated carbocycles. The summed E-state index contributed by atoms with van der Waals surface area (Å²) in [6.45, 7) is 1.80. The van der Waals surface area contributed by atoms with Gasteiger partial charge in [0.05, 0.1) is 10.2 Å². The van der Waals surface area contributed by atoms with Crippen LogP contribution in [0.15, 0.2) is 18.2 Å². The Labute approximate surface area is 170 Å². The number of hydrogen-bond acceptors (Lipinski definition) is 6. The van der Waals surface area contributed by atoms with Gasteiger partial charge in [-0.05, 0) is 18.2 Å². The predicted octanol–water partition coefficient (Wildman–Crippen LogP) is 2.14. The molecule has 0 unspecified atom stereocenters. The number of imide groups is 1. The van der Waals surface area contributed by atoms with Crippen molar-refractivity contribution in [2.45, 2.75) is 31.8 Å². The maximum Gasteiger partial charge on any atom is 0.324 e. The monoisotopic (exact) mass is 420 g/mol. The highest BCUT2D eigenvalue weighted by atomic mass is 32.1. The van der Waals surface area contributed by atoms with E-state index in [0.29, 0.717) is 49.7 Å². The zero-order valence-corrected chi connectivity index (χ0v) is 16.5. The summed E-state index contributed by atoms with van der Waals surface area (Å²) in [5, 5.41) is 2.77. The fraction of sp³-hybridized carbons (Fsp3) is 0.474. The van der Waals surface area contributed by atoms with Crippen LogP contribution in [0.3, 0.4) is 0 Å². The van der Waals surface area contributed by atoms with E-state index < -0.39 is 6.03 Å². The molecule has 1 N–H and O–H groups in total. The largest absolute Gasteiger partial charge is 0.467 e. The number of carbonyl (C=O) groups excluding carboxylic acids is 3. The van der Waals surface area contributed by atoms with E-state index in [1.165, 1.54) is 28.4 Å². The van der Waals surface area contributed by atoms with Gasteiger partial charge in [0.25, 0.3) is 5.19 Å². The molecule has 0 bridgehead atoms. The van der Waals surface area contributed by atoms with E-state index in [1.807, 2.05) is 0 Å². The number of carbonyl (C=O) groups is 3. The fourth-order valence-electron chi connectivity index (χ4n) is 3.49. The van der Waals surface area contributed by atoms with Crippen LogP contribution in [0.5, 0.6) is 5.19 Å². The van der Waals surface area contributed by atoms with Crippen molar-refractivity contribution in [2.24, 2.45) is 0 Å². The molecule has 1 aromatic carbocycles. The smallest absolute Gasteiger partial charge is 0.324 e. The lowest BCUT2D eigenvalue weighted by Gasteiger charge is -2.32. The van der Waals surface area contributed by atoms with Crippen LogP contribution in [0.4, 0.5) is 9.18 Å². The van der Waals surface area contributed by atoms with Crippen molar-refractivity contribution in [1.82, 2.24) is 20.1 Å². The summed E-state index contributed by atoms with van der Waals surface area (Å²) in [5.41, 5.74) is 0.711. The van der Waals surface area contributed by atoms with Gasteiger partial charge < -0.3 is 14.5 Å². The molecular formula is C19H21FN4O4S. The highest BCUT2D eigenvalue weighted by molar-refractivity contribution is 7.20. The van der Waals surface area contributed by atoms with Crippen molar-refractivity contribution in [2.75, 3.05) is 26.2 Å². The Morgan fingerprint density at radius 1 is 1.28 bits per heavy atom. The highest BCUT2D eigenvalue weighted by Crippen LogP contribution is 2.30. The van der Waals surface area contributed by atoms with E-state index in [2.05, 4.69) is 10.3 Å². The van der Waals surface area contributed by atoms with Crippen molar-refractivity contribution in [3.63, 3.8) is 0 Å². The number of amides is 4. The third-order valence-electron chi connectivity index (χ3n) is 5.13. The molecule has 0 spiro atoms. The number of urea groups is 1. The fourth-order valence-corrected chi connectivity index (χ4v) is 4.40. The number of hydrogen-bond donors (Lipinski definition) is 1. The van der Waals surface area contributed by atoms with Gasteiger partial charge in [-0.2, -0.15) is 0 Å². The lowest BCUT2D eigenvalue weighted by Crippen LogP contribution is -2.50. The van der Waals surface area contributed by atoms with Crippen LogP contribution in [0.25, 0.3) is 10.2 Å². The molecule has 0 aliphatic carbocycles. The molecule has 29 heavy (non-hydrogen) atoms. The molecule has 2 aliphatic heterocycles. The molecule has 2 aromatic rings. The maximum absolute atomic E-state index is 13.3. The summed E-state index contributed by atoms with van der Waals surface area (Å²) in [6.07, 6.45) is 1.84. The lowest BCUT2D eigenvalue weighted by atomic mass is 10.1. The quantitative estimate of drug-likeness (QED) is 0.800. The van der Waals surface area contributed by atoms with E-state index in [4.69, 9.17) is 4.74 Å². The number of thiazole rings is 1. The number of rotatable bonds is 5. The first-order valence-electron chi connectivity index (χ1n) is 9.57. The Kier molecular flexibility index (Phi) is 5.61. The van der Waals surface area contributed by atoms with Gasteiger partial charge >= 0.3 is 6.03 Å². The molecule has 4 rings (SSSR count). The summed E-state index contributed by atoms with van der Waals surface area (Å²) in [5.74, 6) is -0.588. The number of aromatic nitrogens is 1. The van der Waals surface area contributed by atoms with E-state index in [-0.39, 0.29) is 36.6 Å². The topological polar surface area (TPSA) is 91.8 Å². The molecule has 3 heterocycles. The molecule has 1 aromatic heterocycles. The second-order valence-electron chi connectivity index (χ2n) is 7.13. The van der Waals surface area contributed by atoms with E-state index in [9.17, 15) is 18.8 Å². The molecule has 2 saturated heterocycles. The molecule has 10 heteroatoms. The van der Waals surface area contributed by atoms with E-state index in [0.717, 1.165) is 4.70 Å². The number of nitrogens with one attached hydrogen (secondary N) is 1. The normalized spacial score (nSPS) is 18.2. The average Bonchev–Trinajstić information content (AvgIpc) is 3.09. The number of benzene rings is 1. The van der Waals surface area contributed by atoms with Crippen molar-refractivity contribution < 1.29 is 23.5 Å². The molecule has 0 atom stereocenters. The third kappa shape index (κ3) is 4.64. The summed E-state index contributed by atoms with van der Waals surface area (Å²) < 4.78 is 20.0. The average molecular weight is 420 g/mol. The van der Waals surface area contributed by atoms with Crippen LogP contribution < -0.4 is 10.1 Å². The zero-order valence-electron chi connectivity index (χ0n) is 15.7. The van der Waals surface area contributed by atoms with E-state index >= 15 is 0 Å². The number of fused-ring (bicyclic) bond motifs is 1. The van der Waals surface area contributed by atoms with Crippen molar-refractivity contribution in [3.05, 3.63) is 24.0 Å². The Bertz CT molecular complexity index is 941. The van der Waals surface area contributed by atoms with Gasteiger partial charge in [-0.3, -0.25) is 14.9 Å². The summed E-state index contributed by atoms with van der Waals surface area (Å²) >= 11 is 1.32. The SMILES string of the molecule is O=C1CCN(CCC(=O)N2CCC(Oc3nc4ccc(F)cc4s3)CC2)C(=O)N1. The van der Waals surface area contributed by atoms with Gasteiger partial charge in [0.2, 0.25) is 11.8 Å². The van der Waals surface area contributed by atoms with Crippen molar-refractivity contribution >= 4 is 39.4 Å². The molecule has 0 radical (unpaired) electrons. The van der Waals surface area contributed by atoms with Crippen LogP contribution >= 0.6 is 11.3 Å². The Hall–Kier alpha value is -2.75. The number of piperidine rings is 1. The van der Waals surface area contributed by atoms with Gasteiger partial charge in [-0.25, -0.2) is 14.2 Å². The number of nitrogens with zero attached hydrogens (tertiary/aromatic N) is 3. The van der Waals surface area contributed by atoms with E-state index in [1.54, 1.807) is 11.0 Å². The second kappa shape index (κ2) is 8.32. The van der Waals surface area contributed by atoms with Gasteiger partial charge in [-0.15, -0.1) is 0 Å². The van der Waals surface area contributed by atoms with Crippen molar-refractivity contribution in [3.8, 4) is 5.19 Å². The van der Waals surface area contributed by atoms with Crippen LogP contribution in [0.1, 0.15) is 25.7 Å². The molecule has 154 valence electrons. The molecule has 8 nitrogen and oxygen atoms in total. The summed E-state index contributed by atoms with van der Waals surface area (Å²) in [4.78, 5) is 43.0. The van der Waals surface area contributed by atoms with Crippen LogP contribution in [0, 0.1) is 5.82 Å². The van der Waals surface area contributed by atoms with Gasteiger partial charge in [0.1, 0.15) is 11.9 Å². The second-order valence-corrected chi connectivity index (χ2v) is 8.12. The highest BCUT2D eigenvalue weighted by Gasteiger charge is 2.27.